The summed E-state index contributed by atoms with van der Waals surface area (Å²) in [6.07, 6.45) is 0. The van der Waals surface area contributed by atoms with Crippen LogP contribution >= 0.6 is 31.0 Å². The van der Waals surface area contributed by atoms with E-state index in [1.807, 2.05) is 12.1 Å². The van der Waals surface area contributed by atoms with E-state index in [0.29, 0.717) is 17.2 Å². The van der Waals surface area contributed by atoms with Crippen LogP contribution in [0.3, 0.4) is 0 Å². The Morgan fingerprint density at radius 1 is 0.625 bits per heavy atom. The number of para-hydroxylation sites is 2. The molecule has 4 rings (SSSR count). The maximum absolute atomic E-state index is 13.4. The first-order valence-corrected chi connectivity index (χ1v) is 11.4. The second kappa shape index (κ2) is 9.87. The molecule has 3 aromatic carbocycles. The fourth-order valence-corrected chi connectivity index (χ4v) is 4.13. The number of benzene rings is 3. The van der Waals surface area contributed by atoms with E-state index >= 15 is 0 Å². The number of hydrogen-bond donors (Lipinski definition) is 1. The molecule has 0 unspecified atom stereocenters. The zero-order valence-electron chi connectivity index (χ0n) is 16.3. The summed E-state index contributed by atoms with van der Waals surface area (Å²) in [6, 6.07) is 23.8. The Hall–Kier alpha value is -3.32. The van der Waals surface area contributed by atoms with Crippen molar-refractivity contribution in [1.82, 2.24) is 15.0 Å². The van der Waals surface area contributed by atoms with E-state index in [9.17, 15) is 4.57 Å². The fourth-order valence-electron chi connectivity index (χ4n) is 2.52. The first-order valence-electron chi connectivity index (χ1n) is 9.21. The monoisotopic (exact) mass is 488 g/mol. The van der Waals surface area contributed by atoms with E-state index in [-0.39, 0.29) is 22.3 Å². The summed E-state index contributed by atoms with van der Waals surface area (Å²) in [5.41, 5.74) is 0.610. The topological polar surface area (TPSA) is 95.5 Å². The normalized spacial score (nSPS) is 10.9. The third-order valence-corrected chi connectivity index (χ3v) is 5.47. The van der Waals surface area contributed by atoms with Gasteiger partial charge >= 0.3 is 7.82 Å². The Morgan fingerprint density at radius 3 is 1.53 bits per heavy atom. The van der Waals surface area contributed by atoms with Gasteiger partial charge in [-0.1, -0.05) is 36.4 Å². The largest absolute Gasteiger partial charge is 0.647 e. The number of aromatic nitrogens is 3. The number of hydrogen-bond acceptors (Lipinski definition) is 8. The van der Waals surface area contributed by atoms with Crippen LogP contribution in [-0.4, -0.2) is 15.0 Å². The second-order valence-electron chi connectivity index (χ2n) is 6.19. The highest BCUT2D eigenvalue weighted by Crippen LogP contribution is 2.49. The minimum Gasteiger partial charge on any atom is -0.386 e. The van der Waals surface area contributed by atoms with Crippen molar-refractivity contribution >= 4 is 42.7 Å². The SMILES string of the molecule is O=P(Oc1ccccc1)(Oc1ccccc1)Oc1ccc(Nc2nc(Cl)nc(Cl)n2)cc1. The maximum atomic E-state index is 13.4. The third kappa shape index (κ3) is 6.11. The molecule has 11 heteroatoms. The quantitative estimate of drug-likeness (QED) is 0.278. The molecule has 0 saturated heterocycles. The van der Waals surface area contributed by atoms with Gasteiger partial charge in [0.1, 0.15) is 17.2 Å². The van der Waals surface area contributed by atoms with Gasteiger partial charge in [-0.05, 0) is 71.7 Å². The lowest BCUT2D eigenvalue weighted by Gasteiger charge is -2.19. The van der Waals surface area contributed by atoms with Gasteiger partial charge in [0, 0.05) is 5.69 Å². The first-order chi connectivity index (χ1) is 15.5. The van der Waals surface area contributed by atoms with Crippen molar-refractivity contribution in [3.8, 4) is 17.2 Å². The lowest BCUT2D eigenvalue weighted by Crippen LogP contribution is -2.07. The van der Waals surface area contributed by atoms with Crippen molar-refractivity contribution in [2.24, 2.45) is 0 Å². The van der Waals surface area contributed by atoms with Crippen molar-refractivity contribution in [2.45, 2.75) is 0 Å². The summed E-state index contributed by atoms with van der Waals surface area (Å²) in [7, 11) is -4.07. The highest BCUT2D eigenvalue weighted by Gasteiger charge is 2.33. The Balaban J connectivity index is 1.52. The molecule has 0 radical (unpaired) electrons. The molecular formula is C21H15Cl2N4O4P. The molecule has 0 amide bonds. The highest BCUT2D eigenvalue weighted by atomic mass is 35.5. The van der Waals surface area contributed by atoms with Crippen molar-refractivity contribution in [3.63, 3.8) is 0 Å². The summed E-state index contributed by atoms with van der Waals surface area (Å²) in [5.74, 6) is 1.12. The molecule has 32 heavy (non-hydrogen) atoms. The van der Waals surface area contributed by atoms with Gasteiger partial charge in [0.25, 0.3) is 0 Å². The molecule has 0 saturated carbocycles. The number of nitrogens with zero attached hydrogens (tertiary/aromatic N) is 3. The molecule has 1 heterocycles. The minimum atomic E-state index is -4.07. The lowest BCUT2D eigenvalue weighted by molar-refractivity contribution is 0.298. The smallest absolute Gasteiger partial charge is 0.386 e. The van der Waals surface area contributed by atoms with E-state index in [2.05, 4.69) is 20.3 Å². The number of phosphoric acid groups is 1. The van der Waals surface area contributed by atoms with Crippen LogP contribution < -0.4 is 18.9 Å². The van der Waals surface area contributed by atoms with Gasteiger partial charge in [-0.3, -0.25) is 0 Å². The van der Waals surface area contributed by atoms with Crippen LogP contribution in [-0.2, 0) is 4.57 Å². The maximum Gasteiger partial charge on any atom is 0.647 e. The minimum absolute atomic E-state index is 0.0375. The van der Waals surface area contributed by atoms with Crippen LogP contribution in [0.5, 0.6) is 17.2 Å². The summed E-state index contributed by atoms with van der Waals surface area (Å²) in [5, 5.41) is 2.86. The first kappa shape index (κ1) is 21.9. The van der Waals surface area contributed by atoms with Gasteiger partial charge in [0.15, 0.2) is 0 Å². The second-order valence-corrected chi connectivity index (χ2v) is 8.31. The molecule has 0 atom stereocenters. The average Bonchev–Trinajstić information content (AvgIpc) is 2.76. The lowest BCUT2D eigenvalue weighted by atomic mass is 10.3. The van der Waals surface area contributed by atoms with Gasteiger partial charge in [-0.2, -0.15) is 19.5 Å². The van der Waals surface area contributed by atoms with Crippen molar-refractivity contribution < 1.29 is 18.1 Å². The predicted molar refractivity (Wildman–Crippen MR) is 122 cm³/mol. The molecule has 4 aromatic rings. The van der Waals surface area contributed by atoms with Crippen molar-refractivity contribution in [3.05, 3.63) is 95.5 Å². The van der Waals surface area contributed by atoms with Crippen molar-refractivity contribution in [1.29, 1.82) is 0 Å². The number of anilines is 2. The molecule has 0 fully saturated rings. The van der Waals surface area contributed by atoms with E-state index < -0.39 is 7.82 Å². The molecule has 0 aliphatic rings. The average molecular weight is 489 g/mol. The molecule has 0 bridgehead atoms. The van der Waals surface area contributed by atoms with Crippen LogP contribution in [0.15, 0.2) is 84.9 Å². The zero-order valence-corrected chi connectivity index (χ0v) is 18.7. The number of rotatable bonds is 8. The van der Waals surface area contributed by atoms with E-state index in [0.717, 1.165) is 0 Å². The third-order valence-electron chi connectivity index (χ3n) is 3.83. The molecule has 162 valence electrons. The molecule has 0 aliphatic carbocycles. The molecule has 1 aromatic heterocycles. The molecule has 8 nitrogen and oxygen atoms in total. The molecular weight excluding hydrogens is 474 g/mol. The van der Waals surface area contributed by atoms with Crippen LogP contribution in [0.1, 0.15) is 0 Å². The van der Waals surface area contributed by atoms with Crippen molar-refractivity contribution in [2.75, 3.05) is 5.32 Å². The highest BCUT2D eigenvalue weighted by molar-refractivity contribution is 7.49. The predicted octanol–water partition coefficient (Wildman–Crippen LogP) is 6.57. The molecule has 1 N–H and O–H groups in total. The number of phosphoric ester groups is 1. The fraction of sp³-hybridized carbons (Fsp3) is 0. The van der Waals surface area contributed by atoms with Crippen LogP contribution in [0.4, 0.5) is 11.6 Å². The van der Waals surface area contributed by atoms with E-state index in [4.69, 9.17) is 36.8 Å². The summed E-state index contributed by atoms with van der Waals surface area (Å²) < 4.78 is 30.3. The summed E-state index contributed by atoms with van der Waals surface area (Å²) >= 11 is 11.6. The van der Waals surface area contributed by atoms with Crippen LogP contribution in [0, 0.1) is 0 Å². The van der Waals surface area contributed by atoms with Crippen LogP contribution in [0.25, 0.3) is 0 Å². The molecule has 0 spiro atoms. The summed E-state index contributed by atoms with van der Waals surface area (Å²) in [4.78, 5) is 11.6. The van der Waals surface area contributed by atoms with Gasteiger partial charge in [0.05, 0.1) is 0 Å². The van der Waals surface area contributed by atoms with Gasteiger partial charge in [0.2, 0.25) is 16.5 Å². The van der Waals surface area contributed by atoms with Gasteiger partial charge in [-0.25, -0.2) is 0 Å². The van der Waals surface area contributed by atoms with E-state index in [1.165, 1.54) is 0 Å². The standard InChI is InChI=1S/C21H15Cl2N4O4P/c22-19-25-20(23)27-21(26-19)24-15-11-13-18(14-12-15)31-32(28,29-16-7-3-1-4-8-16)30-17-9-5-2-6-10-17/h1-14H,(H,24,25,26,27). The van der Waals surface area contributed by atoms with Gasteiger partial charge in [-0.15, -0.1) is 0 Å². The summed E-state index contributed by atoms with van der Waals surface area (Å²) in [6.45, 7) is 0. The number of halogens is 2. The van der Waals surface area contributed by atoms with E-state index in [1.54, 1.807) is 72.8 Å². The Bertz CT molecular complexity index is 1170. The Labute approximate surface area is 193 Å². The Kier molecular flexibility index (Phi) is 6.75. The van der Waals surface area contributed by atoms with Gasteiger partial charge < -0.3 is 18.9 Å². The zero-order chi connectivity index (χ0) is 22.4. The molecule has 0 aliphatic heterocycles. The van der Waals surface area contributed by atoms with Crippen LogP contribution in [0.2, 0.25) is 10.6 Å². The number of nitrogens with one attached hydrogen (secondary N) is 1. The Morgan fingerprint density at radius 2 is 1.06 bits per heavy atom.